The summed E-state index contributed by atoms with van der Waals surface area (Å²) in [6, 6.07) is 8.48. The van der Waals surface area contributed by atoms with E-state index in [0.717, 1.165) is 6.20 Å². The van der Waals surface area contributed by atoms with Gasteiger partial charge in [-0.05, 0) is 24.1 Å². The number of amides is 2. The lowest BCUT2D eigenvalue weighted by molar-refractivity contribution is -0.117. The van der Waals surface area contributed by atoms with Crippen LogP contribution in [0.1, 0.15) is 24.0 Å². The molecule has 0 bridgehead atoms. The number of nitrogens with one attached hydrogen (secondary N) is 1. The SMILES string of the molecule is C=CCN(C[C@@H](C(=O)Nc1cc2c(F)cncc2s1)c1ccc(CO)cc1)C(=O)OCC. The van der Waals surface area contributed by atoms with Crippen molar-refractivity contribution in [3.63, 3.8) is 0 Å². The molecule has 168 valence electrons. The lowest BCUT2D eigenvalue weighted by Gasteiger charge is -2.26. The molecule has 0 aliphatic rings. The van der Waals surface area contributed by atoms with Gasteiger partial charge in [0.05, 0.1) is 35.0 Å². The first-order valence-electron chi connectivity index (χ1n) is 10.0. The maximum Gasteiger partial charge on any atom is 0.410 e. The molecular formula is C23H24FN3O4S. The predicted octanol–water partition coefficient (Wildman–Crippen LogP) is 4.29. The Hall–Kier alpha value is -3.30. The zero-order valence-electron chi connectivity index (χ0n) is 17.6. The average Bonchev–Trinajstić information content (AvgIpc) is 3.20. The third kappa shape index (κ3) is 5.49. The molecule has 0 radical (unpaired) electrons. The Morgan fingerprint density at radius 1 is 1.34 bits per heavy atom. The fraction of sp³-hybridized carbons (Fsp3) is 0.261. The van der Waals surface area contributed by atoms with E-state index < -0.39 is 17.8 Å². The number of fused-ring (bicyclic) bond motifs is 1. The van der Waals surface area contributed by atoms with Crippen LogP contribution >= 0.6 is 11.3 Å². The molecule has 3 rings (SSSR count). The van der Waals surface area contributed by atoms with Crippen LogP contribution in [0.15, 0.2) is 55.4 Å². The van der Waals surface area contributed by atoms with E-state index in [1.165, 1.54) is 22.4 Å². The second-order valence-electron chi connectivity index (χ2n) is 6.98. The van der Waals surface area contributed by atoms with E-state index in [1.54, 1.807) is 43.3 Å². The number of halogens is 1. The number of anilines is 1. The van der Waals surface area contributed by atoms with Crippen LogP contribution in [0.5, 0.6) is 0 Å². The van der Waals surface area contributed by atoms with Gasteiger partial charge < -0.3 is 20.1 Å². The average molecular weight is 458 g/mol. The second-order valence-corrected chi connectivity index (χ2v) is 8.06. The number of hydrogen-bond acceptors (Lipinski definition) is 6. The number of benzene rings is 1. The molecule has 3 aromatic rings. The van der Waals surface area contributed by atoms with Crippen LogP contribution < -0.4 is 5.32 Å². The van der Waals surface area contributed by atoms with E-state index in [4.69, 9.17) is 4.74 Å². The summed E-state index contributed by atoms with van der Waals surface area (Å²) < 4.78 is 19.7. The molecule has 0 unspecified atom stereocenters. The van der Waals surface area contributed by atoms with Gasteiger partial charge in [-0.2, -0.15) is 0 Å². The highest BCUT2D eigenvalue weighted by atomic mass is 32.1. The van der Waals surface area contributed by atoms with Gasteiger partial charge in [-0.25, -0.2) is 9.18 Å². The highest BCUT2D eigenvalue weighted by molar-refractivity contribution is 7.22. The smallest absolute Gasteiger partial charge is 0.410 e. The van der Waals surface area contributed by atoms with Crippen molar-refractivity contribution >= 4 is 38.4 Å². The second kappa shape index (κ2) is 10.8. The van der Waals surface area contributed by atoms with Crippen LogP contribution in [0.2, 0.25) is 0 Å². The van der Waals surface area contributed by atoms with E-state index in [0.29, 0.717) is 26.2 Å². The first kappa shape index (κ1) is 23.4. The van der Waals surface area contributed by atoms with E-state index in [2.05, 4.69) is 16.9 Å². The molecule has 0 aliphatic carbocycles. The summed E-state index contributed by atoms with van der Waals surface area (Å²) in [5.41, 5.74) is 1.36. The number of hydrogen-bond donors (Lipinski definition) is 2. The zero-order chi connectivity index (χ0) is 23.1. The van der Waals surface area contributed by atoms with Gasteiger partial charge in [0, 0.05) is 24.7 Å². The van der Waals surface area contributed by atoms with Crippen LogP contribution in [-0.4, -0.2) is 46.7 Å². The molecule has 0 fully saturated rings. The molecule has 32 heavy (non-hydrogen) atoms. The van der Waals surface area contributed by atoms with E-state index >= 15 is 0 Å². The van der Waals surface area contributed by atoms with Gasteiger partial charge in [0.15, 0.2) is 0 Å². The number of nitrogens with zero attached hydrogens (tertiary/aromatic N) is 2. The Morgan fingerprint density at radius 3 is 2.72 bits per heavy atom. The summed E-state index contributed by atoms with van der Waals surface area (Å²) in [5.74, 6) is -1.56. The fourth-order valence-corrected chi connectivity index (χ4v) is 4.15. The fourth-order valence-electron chi connectivity index (χ4n) is 3.21. The Morgan fingerprint density at radius 2 is 2.09 bits per heavy atom. The molecule has 2 amide bonds. The molecule has 1 atom stereocenters. The summed E-state index contributed by atoms with van der Waals surface area (Å²) >= 11 is 1.21. The largest absolute Gasteiger partial charge is 0.450 e. The number of carbonyl (C=O) groups is 2. The predicted molar refractivity (Wildman–Crippen MR) is 122 cm³/mol. The number of rotatable bonds is 9. The molecule has 2 N–H and O–H groups in total. The maximum atomic E-state index is 14.0. The van der Waals surface area contributed by atoms with Gasteiger partial charge in [-0.3, -0.25) is 9.78 Å². The Balaban J connectivity index is 1.90. The van der Waals surface area contributed by atoms with Crippen molar-refractivity contribution < 1.29 is 23.8 Å². The van der Waals surface area contributed by atoms with Gasteiger partial charge in [0.2, 0.25) is 5.91 Å². The van der Waals surface area contributed by atoms with E-state index in [-0.39, 0.29) is 32.2 Å². The van der Waals surface area contributed by atoms with Gasteiger partial charge in [0.25, 0.3) is 0 Å². The molecule has 0 aliphatic heterocycles. The van der Waals surface area contributed by atoms with Crippen LogP contribution in [0.4, 0.5) is 14.2 Å². The molecule has 0 saturated heterocycles. The molecule has 1 aromatic carbocycles. The van der Waals surface area contributed by atoms with Crippen molar-refractivity contribution in [1.82, 2.24) is 9.88 Å². The number of aromatic nitrogens is 1. The highest BCUT2D eigenvalue weighted by Crippen LogP contribution is 2.32. The number of thiophene rings is 1. The van der Waals surface area contributed by atoms with Crippen molar-refractivity contribution in [2.75, 3.05) is 25.0 Å². The normalized spacial score (nSPS) is 11.7. The zero-order valence-corrected chi connectivity index (χ0v) is 18.4. The lowest BCUT2D eigenvalue weighted by Crippen LogP contribution is -2.38. The molecular weight excluding hydrogens is 433 g/mol. The molecule has 2 heterocycles. The molecule has 2 aromatic heterocycles. The Kier molecular flexibility index (Phi) is 7.91. The van der Waals surface area contributed by atoms with E-state index in [1.807, 2.05) is 0 Å². The molecule has 9 heteroatoms. The third-order valence-electron chi connectivity index (χ3n) is 4.80. The Labute approximate surface area is 189 Å². The monoisotopic (exact) mass is 457 g/mol. The van der Waals surface area contributed by atoms with Gasteiger partial charge >= 0.3 is 6.09 Å². The number of aliphatic hydroxyl groups excluding tert-OH is 1. The lowest BCUT2D eigenvalue weighted by atomic mass is 9.96. The van der Waals surface area contributed by atoms with Gasteiger partial charge in [-0.15, -0.1) is 17.9 Å². The summed E-state index contributed by atoms with van der Waals surface area (Å²) in [6.45, 7) is 5.72. The summed E-state index contributed by atoms with van der Waals surface area (Å²) in [4.78, 5) is 30.9. The van der Waals surface area contributed by atoms with Crippen molar-refractivity contribution in [3.05, 3.63) is 72.3 Å². The van der Waals surface area contributed by atoms with Gasteiger partial charge in [-0.1, -0.05) is 30.3 Å². The maximum absolute atomic E-state index is 14.0. The number of carbonyl (C=O) groups excluding carboxylic acids is 2. The molecule has 0 spiro atoms. The van der Waals surface area contributed by atoms with Crippen molar-refractivity contribution in [2.24, 2.45) is 0 Å². The van der Waals surface area contributed by atoms with Gasteiger partial charge in [0.1, 0.15) is 5.82 Å². The Bertz CT molecular complexity index is 1100. The van der Waals surface area contributed by atoms with Crippen LogP contribution in [0.25, 0.3) is 10.1 Å². The van der Waals surface area contributed by atoms with Crippen molar-refractivity contribution in [2.45, 2.75) is 19.4 Å². The first-order valence-corrected chi connectivity index (χ1v) is 10.8. The minimum Gasteiger partial charge on any atom is -0.450 e. The van der Waals surface area contributed by atoms with Crippen molar-refractivity contribution in [3.8, 4) is 0 Å². The summed E-state index contributed by atoms with van der Waals surface area (Å²) in [7, 11) is 0. The number of aliphatic hydroxyl groups is 1. The van der Waals surface area contributed by atoms with Crippen LogP contribution in [0, 0.1) is 5.82 Å². The van der Waals surface area contributed by atoms with Crippen LogP contribution in [0.3, 0.4) is 0 Å². The first-order chi connectivity index (χ1) is 15.5. The number of ether oxygens (including phenoxy) is 1. The topological polar surface area (TPSA) is 91.8 Å². The molecule has 7 nitrogen and oxygen atoms in total. The summed E-state index contributed by atoms with van der Waals surface area (Å²) in [6.07, 6.45) is 3.67. The standard InChI is InChI=1S/C23H24FN3O4S/c1-3-9-27(23(30)31-4-2)13-18(16-7-5-15(14-28)6-8-16)22(29)26-21-10-17-19(24)11-25-12-20(17)32-21/h3,5-8,10-12,18,28H,1,4,9,13-14H2,2H3,(H,26,29)/t18-/m1/s1. The summed E-state index contributed by atoms with van der Waals surface area (Å²) in [5, 5.41) is 13.0. The quantitative estimate of drug-likeness (QED) is 0.468. The highest BCUT2D eigenvalue weighted by Gasteiger charge is 2.27. The number of pyridine rings is 1. The van der Waals surface area contributed by atoms with Crippen molar-refractivity contribution in [1.29, 1.82) is 0 Å². The van der Waals surface area contributed by atoms with E-state index in [9.17, 15) is 19.1 Å². The minimum absolute atomic E-state index is 0.0516. The van der Waals surface area contributed by atoms with Crippen LogP contribution in [-0.2, 0) is 16.1 Å². The third-order valence-corrected chi connectivity index (χ3v) is 5.79. The molecule has 0 saturated carbocycles. The minimum atomic E-state index is -0.736.